The third-order valence-corrected chi connectivity index (χ3v) is 3.30. The molecule has 0 aliphatic heterocycles. The Morgan fingerprint density at radius 2 is 2.12 bits per heavy atom. The Kier molecular flexibility index (Phi) is 2.98. The van der Waals surface area contributed by atoms with Crippen molar-refractivity contribution in [2.24, 2.45) is 5.14 Å². The monoisotopic (exact) mass is 320 g/mol. The molecule has 1 aromatic carbocycles. The highest BCUT2D eigenvalue weighted by atomic mass is 79.9. The first kappa shape index (κ1) is 12.1. The molecule has 6 nitrogen and oxygen atoms in total. The molecule has 0 saturated carbocycles. The van der Waals surface area contributed by atoms with Crippen molar-refractivity contribution in [2.75, 3.05) is 0 Å². The number of nitrogens with zero attached hydrogens (tertiary/aromatic N) is 2. The quantitative estimate of drug-likeness (QED) is 0.862. The first-order valence-electron chi connectivity index (χ1n) is 4.29. The highest BCUT2D eigenvalue weighted by Crippen LogP contribution is 2.28. The highest BCUT2D eigenvalue weighted by Gasteiger charge is 2.18. The lowest BCUT2D eigenvalue weighted by molar-refractivity contribution is 0.589. The summed E-state index contributed by atoms with van der Waals surface area (Å²) in [5, 5.41) is 10.1. The fraction of sp³-hybridized carbons (Fsp3) is 0. The number of halogens is 2. The molecule has 0 fully saturated rings. The maximum absolute atomic E-state index is 13.5. The second-order valence-electron chi connectivity index (χ2n) is 3.11. The van der Waals surface area contributed by atoms with E-state index >= 15 is 0 Å². The van der Waals surface area contributed by atoms with Crippen molar-refractivity contribution in [3.05, 3.63) is 28.5 Å². The van der Waals surface area contributed by atoms with Crippen LogP contribution in [-0.4, -0.2) is 23.6 Å². The molecule has 0 spiro atoms. The molecule has 3 N–H and O–H groups in total. The Labute approximate surface area is 104 Å². The maximum atomic E-state index is 13.5. The van der Waals surface area contributed by atoms with Gasteiger partial charge in [0, 0.05) is 4.47 Å². The lowest BCUT2D eigenvalue weighted by Gasteiger charge is -2.00. The molecular formula is C8H6BrFN4O2S. The number of hydrogen-bond donors (Lipinski definition) is 2. The van der Waals surface area contributed by atoms with E-state index in [4.69, 9.17) is 5.14 Å². The van der Waals surface area contributed by atoms with Gasteiger partial charge in [0.15, 0.2) is 5.82 Å². The zero-order chi connectivity index (χ0) is 12.6. The van der Waals surface area contributed by atoms with Crippen molar-refractivity contribution in [2.45, 2.75) is 5.16 Å². The molecule has 0 saturated heterocycles. The molecule has 17 heavy (non-hydrogen) atoms. The number of H-pyrrole nitrogens is 1. The number of rotatable bonds is 2. The summed E-state index contributed by atoms with van der Waals surface area (Å²) in [5.74, 6) is -0.654. The minimum atomic E-state index is -3.98. The van der Waals surface area contributed by atoms with E-state index < -0.39 is 21.0 Å². The molecule has 0 atom stereocenters. The van der Waals surface area contributed by atoms with Crippen molar-refractivity contribution in [3.8, 4) is 11.4 Å². The summed E-state index contributed by atoms with van der Waals surface area (Å²) in [6, 6.07) is 4.30. The molecule has 0 amide bonds. The summed E-state index contributed by atoms with van der Waals surface area (Å²) < 4.78 is 35.9. The summed E-state index contributed by atoms with van der Waals surface area (Å²) in [4.78, 5) is 3.62. The van der Waals surface area contributed by atoms with E-state index in [2.05, 4.69) is 31.1 Å². The largest absolute Gasteiger partial charge is 0.273 e. The topological polar surface area (TPSA) is 102 Å². The summed E-state index contributed by atoms with van der Waals surface area (Å²) in [6.45, 7) is 0. The Bertz CT molecular complexity index is 650. The van der Waals surface area contributed by atoms with Crippen molar-refractivity contribution >= 4 is 26.0 Å². The number of aromatic nitrogens is 3. The van der Waals surface area contributed by atoms with Gasteiger partial charge in [-0.05, 0) is 28.1 Å². The van der Waals surface area contributed by atoms with E-state index in [1.54, 1.807) is 6.07 Å². The van der Waals surface area contributed by atoms with Gasteiger partial charge in [-0.3, -0.25) is 0 Å². The van der Waals surface area contributed by atoms with Gasteiger partial charge in [-0.1, -0.05) is 6.07 Å². The van der Waals surface area contributed by atoms with Crippen molar-refractivity contribution in [3.63, 3.8) is 0 Å². The van der Waals surface area contributed by atoms with Crippen molar-refractivity contribution in [1.29, 1.82) is 0 Å². The van der Waals surface area contributed by atoms with Gasteiger partial charge in [0.1, 0.15) is 5.82 Å². The van der Waals surface area contributed by atoms with Crippen LogP contribution in [0.4, 0.5) is 4.39 Å². The molecule has 0 radical (unpaired) electrons. The smallest absolute Gasteiger partial charge is 0.248 e. The van der Waals surface area contributed by atoms with Gasteiger partial charge in [0.2, 0.25) is 0 Å². The van der Waals surface area contributed by atoms with Gasteiger partial charge in [-0.2, -0.15) is 10.1 Å². The fourth-order valence-corrected chi connectivity index (χ4v) is 2.10. The summed E-state index contributed by atoms with van der Waals surface area (Å²) >= 11 is 3.13. The lowest BCUT2D eigenvalue weighted by atomic mass is 10.2. The zero-order valence-corrected chi connectivity index (χ0v) is 10.6. The number of primary sulfonamides is 1. The van der Waals surface area contributed by atoms with Crippen LogP contribution in [-0.2, 0) is 10.0 Å². The second-order valence-corrected chi connectivity index (χ2v) is 5.44. The van der Waals surface area contributed by atoms with Crippen LogP contribution in [0.2, 0.25) is 0 Å². The molecule has 1 heterocycles. The van der Waals surface area contributed by atoms with Crippen LogP contribution in [0.25, 0.3) is 11.4 Å². The third-order valence-electron chi connectivity index (χ3n) is 1.92. The molecule has 2 aromatic rings. The maximum Gasteiger partial charge on any atom is 0.273 e. The number of hydrogen-bond acceptors (Lipinski definition) is 4. The molecular weight excluding hydrogens is 315 g/mol. The Balaban J connectivity index is 2.59. The number of nitrogens with two attached hydrogens (primary N) is 1. The van der Waals surface area contributed by atoms with Gasteiger partial charge in [0.05, 0.1) is 5.56 Å². The van der Waals surface area contributed by atoms with Crippen LogP contribution in [0.3, 0.4) is 0 Å². The van der Waals surface area contributed by atoms with Crippen LogP contribution in [0, 0.1) is 5.82 Å². The zero-order valence-electron chi connectivity index (χ0n) is 8.18. The van der Waals surface area contributed by atoms with Crippen LogP contribution in [0.5, 0.6) is 0 Å². The van der Waals surface area contributed by atoms with Gasteiger partial charge in [0.25, 0.3) is 15.2 Å². The number of nitrogens with one attached hydrogen (secondary N) is 1. The first-order chi connectivity index (χ1) is 7.89. The molecule has 0 bridgehead atoms. The van der Waals surface area contributed by atoms with E-state index in [1.807, 2.05) is 0 Å². The minimum Gasteiger partial charge on any atom is -0.248 e. The predicted octanol–water partition coefficient (Wildman–Crippen LogP) is 1.02. The standard InChI is InChI=1S/C8H6BrFN4O2S/c9-4-2-1-3-5(10)6(4)7-12-8(14-13-7)17(11,15)16/h1-3H,(H2,11,15,16)(H,12,13,14). The van der Waals surface area contributed by atoms with Crippen LogP contribution in [0.1, 0.15) is 0 Å². The number of aromatic amines is 1. The number of benzene rings is 1. The SMILES string of the molecule is NS(=O)(=O)c1nc(-c2c(F)cccc2Br)n[nH]1. The normalized spacial score (nSPS) is 11.7. The molecule has 0 aliphatic carbocycles. The van der Waals surface area contributed by atoms with Gasteiger partial charge in [-0.15, -0.1) is 0 Å². The van der Waals surface area contributed by atoms with E-state index in [-0.39, 0.29) is 11.4 Å². The molecule has 90 valence electrons. The Morgan fingerprint density at radius 3 is 2.65 bits per heavy atom. The van der Waals surface area contributed by atoms with E-state index in [9.17, 15) is 12.8 Å². The van der Waals surface area contributed by atoms with E-state index in [0.29, 0.717) is 4.47 Å². The van der Waals surface area contributed by atoms with Gasteiger partial charge >= 0.3 is 0 Å². The first-order valence-corrected chi connectivity index (χ1v) is 6.63. The summed E-state index contributed by atoms with van der Waals surface area (Å²) in [6.07, 6.45) is 0. The Hall–Kier alpha value is -1.32. The van der Waals surface area contributed by atoms with Crippen molar-refractivity contribution < 1.29 is 12.8 Å². The molecule has 0 unspecified atom stereocenters. The predicted molar refractivity (Wildman–Crippen MR) is 60.8 cm³/mol. The molecule has 1 aromatic heterocycles. The summed E-state index contributed by atoms with van der Waals surface area (Å²) in [7, 11) is -3.98. The van der Waals surface area contributed by atoms with Crippen molar-refractivity contribution in [1.82, 2.24) is 15.2 Å². The van der Waals surface area contributed by atoms with E-state index in [0.717, 1.165) is 0 Å². The van der Waals surface area contributed by atoms with Gasteiger partial charge < -0.3 is 0 Å². The molecule has 2 rings (SSSR count). The molecule has 0 aliphatic rings. The fourth-order valence-electron chi connectivity index (χ4n) is 1.20. The lowest BCUT2D eigenvalue weighted by Crippen LogP contribution is -2.13. The highest BCUT2D eigenvalue weighted by molar-refractivity contribution is 9.10. The Morgan fingerprint density at radius 1 is 1.41 bits per heavy atom. The van der Waals surface area contributed by atoms with Crippen LogP contribution in [0.15, 0.2) is 27.8 Å². The minimum absolute atomic E-state index is 0.0682. The average molecular weight is 321 g/mol. The molecule has 9 heteroatoms. The second kappa shape index (κ2) is 4.17. The average Bonchev–Trinajstić information content (AvgIpc) is 2.65. The number of sulfonamides is 1. The van der Waals surface area contributed by atoms with Gasteiger partial charge in [-0.25, -0.2) is 23.0 Å². The third kappa shape index (κ3) is 2.35. The van der Waals surface area contributed by atoms with Crippen LogP contribution >= 0.6 is 15.9 Å². The van der Waals surface area contributed by atoms with Crippen LogP contribution < -0.4 is 5.14 Å². The van der Waals surface area contributed by atoms with E-state index in [1.165, 1.54) is 12.1 Å². The summed E-state index contributed by atoms with van der Waals surface area (Å²) in [5.41, 5.74) is 0.0682.